The normalized spacial score (nSPS) is 14.1. The molecule has 2 N–H and O–H groups in total. The average molecular weight is 304 g/mol. The summed E-state index contributed by atoms with van der Waals surface area (Å²) in [5.41, 5.74) is 5.64. The first-order valence-electron chi connectivity index (χ1n) is 8.22. The third kappa shape index (κ3) is 2.63. The second kappa shape index (κ2) is 5.58. The van der Waals surface area contributed by atoms with Crippen molar-refractivity contribution >= 4 is 16.8 Å². The molecule has 0 spiro atoms. The highest BCUT2D eigenvalue weighted by atomic mass is 16.1. The van der Waals surface area contributed by atoms with Crippen molar-refractivity contribution in [2.75, 3.05) is 0 Å². The first kappa shape index (κ1) is 14.1. The smallest absolute Gasteiger partial charge is 0.267 e. The monoisotopic (exact) mass is 304 g/mol. The maximum atomic E-state index is 12.5. The van der Waals surface area contributed by atoms with Gasteiger partial charge in [-0.25, -0.2) is 0 Å². The number of benzene rings is 2. The van der Waals surface area contributed by atoms with Crippen LogP contribution in [0.2, 0.25) is 0 Å². The van der Waals surface area contributed by atoms with Gasteiger partial charge in [-0.3, -0.25) is 4.79 Å². The summed E-state index contributed by atoms with van der Waals surface area (Å²) >= 11 is 0. The Labute approximate surface area is 135 Å². The molecule has 0 atom stereocenters. The standard InChI is InChI=1S/C20H20N2O/c1-2-13-7-8-18-16(9-13)12-19(22-18)20(23)21-17-10-14-5-3-4-6-15(14)11-17/h3-9,12,17,22H,2,10-11H2,1H3,(H,21,23). The van der Waals surface area contributed by atoms with Crippen LogP contribution in [0.15, 0.2) is 48.5 Å². The van der Waals surface area contributed by atoms with Gasteiger partial charge in [0.05, 0.1) is 0 Å². The lowest BCUT2D eigenvalue weighted by molar-refractivity contribution is 0.0934. The lowest BCUT2D eigenvalue weighted by Gasteiger charge is -2.10. The number of aryl methyl sites for hydroxylation is 1. The molecule has 0 saturated carbocycles. The molecule has 1 aliphatic rings. The van der Waals surface area contributed by atoms with Gasteiger partial charge in [0.2, 0.25) is 0 Å². The number of hydrogen-bond donors (Lipinski definition) is 2. The molecule has 23 heavy (non-hydrogen) atoms. The van der Waals surface area contributed by atoms with Crippen LogP contribution >= 0.6 is 0 Å². The van der Waals surface area contributed by atoms with Gasteiger partial charge in [-0.15, -0.1) is 0 Å². The van der Waals surface area contributed by atoms with Crippen molar-refractivity contribution in [3.63, 3.8) is 0 Å². The summed E-state index contributed by atoms with van der Waals surface area (Å²) in [6, 6.07) is 16.9. The molecule has 3 nitrogen and oxygen atoms in total. The Morgan fingerprint density at radius 1 is 1.13 bits per heavy atom. The van der Waals surface area contributed by atoms with Crippen molar-refractivity contribution in [2.24, 2.45) is 0 Å². The summed E-state index contributed by atoms with van der Waals surface area (Å²) in [5, 5.41) is 4.26. The molecule has 0 radical (unpaired) electrons. The molecule has 0 unspecified atom stereocenters. The summed E-state index contributed by atoms with van der Waals surface area (Å²) in [7, 11) is 0. The maximum absolute atomic E-state index is 12.5. The van der Waals surface area contributed by atoms with E-state index in [1.54, 1.807) is 0 Å². The van der Waals surface area contributed by atoms with Crippen molar-refractivity contribution < 1.29 is 4.79 Å². The van der Waals surface area contributed by atoms with Crippen molar-refractivity contribution in [2.45, 2.75) is 32.2 Å². The fourth-order valence-electron chi connectivity index (χ4n) is 3.45. The second-order valence-corrected chi connectivity index (χ2v) is 6.31. The van der Waals surface area contributed by atoms with E-state index in [2.05, 4.69) is 59.7 Å². The molecule has 4 rings (SSSR count). The van der Waals surface area contributed by atoms with Crippen LogP contribution in [0.3, 0.4) is 0 Å². The number of carbonyl (C=O) groups is 1. The van der Waals surface area contributed by atoms with Crippen LogP contribution in [-0.2, 0) is 19.3 Å². The number of carbonyl (C=O) groups excluding carboxylic acids is 1. The van der Waals surface area contributed by atoms with Gasteiger partial charge < -0.3 is 10.3 Å². The number of aromatic amines is 1. The third-order valence-corrected chi connectivity index (χ3v) is 4.72. The fraction of sp³-hybridized carbons (Fsp3) is 0.250. The lowest BCUT2D eigenvalue weighted by Crippen LogP contribution is -2.35. The molecule has 2 aromatic carbocycles. The summed E-state index contributed by atoms with van der Waals surface area (Å²) in [4.78, 5) is 15.8. The number of hydrogen-bond acceptors (Lipinski definition) is 1. The molecule has 0 fully saturated rings. The molecule has 1 aliphatic carbocycles. The Hall–Kier alpha value is -2.55. The van der Waals surface area contributed by atoms with E-state index in [9.17, 15) is 4.79 Å². The van der Waals surface area contributed by atoms with E-state index < -0.39 is 0 Å². The zero-order valence-corrected chi connectivity index (χ0v) is 13.2. The van der Waals surface area contributed by atoms with Crippen LogP contribution in [0.4, 0.5) is 0 Å². The summed E-state index contributed by atoms with van der Waals surface area (Å²) in [6.07, 6.45) is 2.84. The predicted octanol–water partition coefficient (Wildman–Crippen LogP) is 3.63. The largest absolute Gasteiger partial charge is 0.351 e. The van der Waals surface area contributed by atoms with Crippen molar-refractivity contribution in [3.05, 3.63) is 70.9 Å². The minimum Gasteiger partial charge on any atom is -0.351 e. The molecule has 116 valence electrons. The molecule has 0 saturated heterocycles. The molecule has 0 aliphatic heterocycles. The highest BCUT2D eigenvalue weighted by Gasteiger charge is 2.23. The van der Waals surface area contributed by atoms with Gasteiger partial charge in [0.25, 0.3) is 5.91 Å². The summed E-state index contributed by atoms with van der Waals surface area (Å²) in [6.45, 7) is 2.14. The van der Waals surface area contributed by atoms with Crippen LogP contribution in [0.5, 0.6) is 0 Å². The minimum atomic E-state index is -0.0166. The van der Waals surface area contributed by atoms with E-state index in [0.29, 0.717) is 5.69 Å². The zero-order valence-electron chi connectivity index (χ0n) is 13.2. The lowest BCUT2D eigenvalue weighted by atomic mass is 10.1. The van der Waals surface area contributed by atoms with E-state index in [-0.39, 0.29) is 11.9 Å². The SMILES string of the molecule is CCc1ccc2[nH]c(C(=O)NC3Cc4ccccc4C3)cc2c1. The van der Waals surface area contributed by atoms with E-state index in [4.69, 9.17) is 0 Å². The van der Waals surface area contributed by atoms with Crippen molar-refractivity contribution in [1.29, 1.82) is 0 Å². The number of H-pyrrole nitrogens is 1. The molecule has 1 heterocycles. The molecule has 1 aromatic heterocycles. The van der Waals surface area contributed by atoms with Gasteiger partial charge >= 0.3 is 0 Å². The van der Waals surface area contributed by atoms with E-state index in [0.717, 1.165) is 30.2 Å². The zero-order chi connectivity index (χ0) is 15.8. The van der Waals surface area contributed by atoms with Gasteiger partial charge in [-0.05, 0) is 54.2 Å². The van der Waals surface area contributed by atoms with Crippen molar-refractivity contribution in [1.82, 2.24) is 10.3 Å². The molecule has 3 aromatic rings. The Balaban J connectivity index is 1.51. The number of aromatic nitrogens is 1. The number of amides is 1. The van der Waals surface area contributed by atoms with E-state index in [1.165, 1.54) is 16.7 Å². The molecular formula is C20H20N2O. The van der Waals surface area contributed by atoms with Gasteiger partial charge in [0.15, 0.2) is 0 Å². The predicted molar refractivity (Wildman–Crippen MR) is 92.8 cm³/mol. The van der Waals surface area contributed by atoms with Gasteiger partial charge in [-0.2, -0.15) is 0 Å². The topological polar surface area (TPSA) is 44.9 Å². The third-order valence-electron chi connectivity index (χ3n) is 4.72. The molecule has 3 heteroatoms. The van der Waals surface area contributed by atoms with Gasteiger partial charge in [0.1, 0.15) is 5.69 Å². The highest BCUT2D eigenvalue weighted by Crippen LogP contribution is 2.22. The van der Waals surface area contributed by atoms with Crippen LogP contribution in [0, 0.1) is 0 Å². The molecule has 0 bridgehead atoms. The number of fused-ring (bicyclic) bond motifs is 2. The Morgan fingerprint density at radius 2 is 1.87 bits per heavy atom. The second-order valence-electron chi connectivity index (χ2n) is 6.31. The van der Waals surface area contributed by atoms with Gasteiger partial charge in [-0.1, -0.05) is 37.3 Å². The average Bonchev–Trinajstić information content (AvgIpc) is 3.16. The Bertz CT molecular complexity index is 853. The summed E-state index contributed by atoms with van der Waals surface area (Å²) in [5.74, 6) is -0.0166. The van der Waals surface area contributed by atoms with Crippen LogP contribution in [0.25, 0.3) is 10.9 Å². The molecular weight excluding hydrogens is 284 g/mol. The Kier molecular flexibility index (Phi) is 3.41. The van der Waals surface area contributed by atoms with E-state index >= 15 is 0 Å². The van der Waals surface area contributed by atoms with Crippen LogP contribution in [-0.4, -0.2) is 16.9 Å². The molecule has 1 amide bonds. The maximum Gasteiger partial charge on any atom is 0.267 e. The number of nitrogens with one attached hydrogen (secondary N) is 2. The van der Waals surface area contributed by atoms with Crippen molar-refractivity contribution in [3.8, 4) is 0 Å². The quantitative estimate of drug-likeness (QED) is 0.762. The van der Waals surface area contributed by atoms with Gasteiger partial charge in [0, 0.05) is 16.9 Å². The first-order chi connectivity index (χ1) is 11.2. The van der Waals surface area contributed by atoms with E-state index in [1.807, 2.05) is 6.07 Å². The first-order valence-corrected chi connectivity index (χ1v) is 8.22. The number of rotatable bonds is 3. The fourth-order valence-corrected chi connectivity index (χ4v) is 3.45. The van der Waals surface area contributed by atoms with Crippen LogP contribution < -0.4 is 5.32 Å². The van der Waals surface area contributed by atoms with Crippen LogP contribution in [0.1, 0.15) is 34.1 Å². The summed E-state index contributed by atoms with van der Waals surface area (Å²) < 4.78 is 0. The highest BCUT2D eigenvalue weighted by molar-refractivity contribution is 5.98. The minimum absolute atomic E-state index is 0.0166. The Morgan fingerprint density at radius 3 is 2.57 bits per heavy atom.